The normalized spacial score (nSPS) is 17.8. The van der Waals surface area contributed by atoms with E-state index in [1.165, 1.54) is 6.20 Å². The number of H-pyrrole nitrogens is 1. The van der Waals surface area contributed by atoms with E-state index in [1.807, 2.05) is 0 Å². The highest BCUT2D eigenvalue weighted by Gasteiger charge is 2.42. The van der Waals surface area contributed by atoms with Crippen LogP contribution in [0.1, 0.15) is 17.3 Å². The lowest BCUT2D eigenvalue weighted by Gasteiger charge is -2.14. The molecule has 18 heavy (non-hydrogen) atoms. The average molecular weight is 249 g/mol. The first kappa shape index (κ1) is 10.3. The van der Waals surface area contributed by atoms with Crippen LogP contribution in [0, 0.1) is 15.3 Å². The lowest BCUT2D eigenvalue weighted by atomic mass is 9.96. The van der Waals surface area contributed by atoms with Gasteiger partial charge in [-0.3, -0.25) is 14.7 Å². The molecule has 0 bridgehead atoms. The number of fused-ring (bicyclic) bond motifs is 1. The summed E-state index contributed by atoms with van der Waals surface area (Å²) in [5.74, 6) is -0.662. The SMILES string of the molecule is O=[N+]([O-])C1=CNc2no[n+]([O-])c2C1c1ccc[nH]1. The Bertz CT molecular complexity index is 629. The van der Waals surface area contributed by atoms with Crippen LogP contribution >= 0.6 is 0 Å². The van der Waals surface area contributed by atoms with Gasteiger partial charge in [-0.05, 0) is 17.0 Å². The van der Waals surface area contributed by atoms with E-state index in [2.05, 4.69) is 20.1 Å². The average Bonchev–Trinajstić information content (AvgIpc) is 2.98. The van der Waals surface area contributed by atoms with Crippen molar-refractivity contribution in [2.24, 2.45) is 0 Å². The largest absolute Gasteiger partial charge is 0.364 e. The summed E-state index contributed by atoms with van der Waals surface area (Å²) < 4.78 is 4.45. The smallest absolute Gasteiger partial charge is 0.316 e. The molecule has 3 rings (SSSR count). The number of rotatable bonds is 2. The Kier molecular flexibility index (Phi) is 2.06. The number of nitro groups is 1. The molecular formula is C9H7N5O4. The second kappa shape index (κ2) is 3.58. The van der Waals surface area contributed by atoms with Gasteiger partial charge in [0.15, 0.2) is 5.92 Å². The molecule has 0 radical (unpaired) electrons. The predicted octanol–water partition coefficient (Wildman–Crippen LogP) is 0.312. The first-order valence-corrected chi connectivity index (χ1v) is 5.02. The zero-order valence-electron chi connectivity index (χ0n) is 8.86. The first-order chi connectivity index (χ1) is 8.68. The summed E-state index contributed by atoms with van der Waals surface area (Å²) in [6.45, 7) is 0. The molecule has 1 aliphatic heterocycles. The van der Waals surface area contributed by atoms with Crippen LogP contribution in [0.5, 0.6) is 0 Å². The van der Waals surface area contributed by atoms with Gasteiger partial charge in [0, 0.05) is 11.9 Å². The van der Waals surface area contributed by atoms with Gasteiger partial charge in [0.2, 0.25) is 5.69 Å². The van der Waals surface area contributed by atoms with Crippen molar-refractivity contribution in [3.8, 4) is 0 Å². The number of hydrogen-bond donors (Lipinski definition) is 2. The van der Waals surface area contributed by atoms with Crippen LogP contribution in [0.2, 0.25) is 0 Å². The number of allylic oxidation sites excluding steroid dienone is 1. The Morgan fingerprint density at radius 3 is 3.06 bits per heavy atom. The number of aromatic nitrogens is 3. The summed E-state index contributed by atoms with van der Waals surface area (Å²) in [4.78, 5) is 13.5. The molecule has 1 aliphatic rings. The summed E-state index contributed by atoms with van der Waals surface area (Å²) in [5.41, 5.74) is 0.429. The fourth-order valence-corrected chi connectivity index (χ4v) is 1.95. The highest BCUT2D eigenvalue weighted by atomic mass is 16.8. The molecule has 0 saturated carbocycles. The lowest BCUT2D eigenvalue weighted by Crippen LogP contribution is -2.34. The second-order valence-corrected chi connectivity index (χ2v) is 3.69. The summed E-state index contributed by atoms with van der Waals surface area (Å²) >= 11 is 0. The van der Waals surface area contributed by atoms with Gasteiger partial charge in [-0.25, -0.2) is 0 Å². The fraction of sp³-hybridized carbons (Fsp3) is 0.111. The Morgan fingerprint density at radius 2 is 2.39 bits per heavy atom. The van der Waals surface area contributed by atoms with E-state index in [4.69, 9.17) is 0 Å². The molecule has 1 atom stereocenters. The van der Waals surface area contributed by atoms with E-state index in [-0.39, 0.29) is 22.1 Å². The molecule has 3 heterocycles. The van der Waals surface area contributed by atoms with E-state index in [0.29, 0.717) is 5.69 Å². The van der Waals surface area contributed by atoms with Crippen molar-refractivity contribution in [3.63, 3.8) is 0 Å². The van der Waals surface area contributed by atoms with Crippen LogP contribution in [0.4, 0.5) is 5.82 Å². The Morgan fingerprint density at radius 1 is 1.56 bits per heavy atom. The number of hydrogen-bond acceptors (Lipinski definition) is 6. The van der Waals surface area contributed by atoms with E-state index in [1.54, 1.807) is 18.3 Å². The standard InChI is InChI=1S/C9H7N5O4/c15-13(16)6-4-11-9-8(14(17)18-12-9)7(6)5-2-1-3-10-5/h1-4,7,10H,(H,11,12). The van der Waals surface area contributed by atoms with Crippen molar-refractivity contribution in [2.75, 3.05) is 5.32 Å². The molecule has 0 aromatic carbocycles. The number of nitrogens with zero attached hydrogens (tertiary/aromatic N) is 3. The van der Waals surface area contributed by atoms with Gasteiger partial charge in [0.25, 0.3) is 5.70 Å². The summed E-state index contributed by atoms with van der Waals surface area (Å²) in [5, 5.41) is 28.6. The molecular weight excluding hydrogens is 242 g/mol. The highest BCUT2D eigenvalue weighted by Crippen LogP contribution is 2.35. The van der Waals surface area contributed by atoms with E-state index < -0.39 is 10.8 Å². The van der Waals surface area contributed by atoms with E-state index in [0.717, 1.165) is 0 Å². The monoisotopic (exact) mass is 249 g/mol. The second-order valence-electron chi connectivity index (χ2n) is 3.69. The topological polar surface area (TPSA) is 124 Å². The third kappa shape index (κ3) is 1.34. The Labute approximate surface area is 99.4 Å². The van der Waals surface area contributed by atoms with Crippen molar-refractivity contribution < 1.29 is 14.5 Å². The number of nitrogens with one attached hydrogen (secondary N) is 2. The Balaban J connectivity index is 2.19. The van der Waals surface area contributed by atoms with Crippen molar-refractivity contribution in [1.29, 1.82) is 0 Å². The van der Waals surface area contributed by atoms with Crippen LogP contribution in [0.3, 0.4) is 0 Å². The summed E-state index contributed by atoms with van der Waals surface area (Å²) in [6, 6.07) is 3.35. The lowest BCUT2D eigenvalue weighted by molar-refractivity contribution is -0.808. The van der Waals surface area contributed by atoms with E-state index >= 15 is 0 Å². The molecule has 0 spiro atoms. The van der Waals surface area contributed by atoms with Gasteiger partial charge in [-0.1, -0.05) is 0 Å². The molecule has 9 nitrogen and oxygen atoms in total. The highest BCUT2D eigenvalue weighted by molar-refractivity contribution is 5.51. The maximum absolute atomic E-state index is 11.5. The zero-order valence-corrected chi connectivity index (χ0v) is 8.86. The van der Waals surface area contributed by atoms with Crippen molar-refractivity contribution in [3.05, 3.63) is 56.9 Å². The third-order valence-corrected chi connectivity index (χ3v) is 2.72. The van der Waals surface area contributed by atoms with Gasteiger partial charge in [0.1, 0.15) is 0 Å². The predicted molar refractivity (Wildman–Crippen MR) is 56.8 cm³/mol. The molecule has 0 saturated heterocycles. The van der Waals surface area contributed by atoms with Crippen molar-refractivity contribution in [2.45, 2.75) is 5.92 Å². The molecule has 0 aliphatic carbocycles. The number of aromatic amines is 1. The van der Waals surface area contributed by atoms with E-state index in [9.17, 15) is 15.3 Å². The molecule has 0 amide bonds. The Hall–Kier alpha value is -2.84. The minimum Gasteiger partial charge on any atom is -0.364 e. The third-order valence-electron chi connectivity index (χ3n) is 2.72. The quantitative estimate of drug-likeness (QED) is 0.448. The van der Waals surface area contributed by atoms with Crippen molar-refractivity contribution >= 4 is 5.82 Å². The van der Waals surface area contributed by atoms with Crippen LogP contribution in [0.15, 0.2) is 34.9 Å². The maximum atomic E-state index is 11.5. The summed E-state index contributed by atoms with van der Waals surface area (Å²) in [7, 11) is 0. The molecule has 1 unspecified atom stereocenters. The van der Waals surface area contributed by atoms with Crippen LogP contribution < -0.4 is 10.2 Å². The molecule has 0 fully saturated rings. The molecule has 92 valence electrons. The van der Waals surface area contributed by atoms with Crippen LogP contribution in [-0.4, -0.2) is 15.1 Å². The summed E-state index contributed by atoms with van der Waals surface area (Å²) in [6.07, 6.45) is 2.83. The molecule has 2 aromatic heterocycles. The van der Waals surface area contributed by atoms with Gasteiger partial charge in [0.05, 0.1) is 16.3 Å². The molecule has 9 heteroatoms. The molecule has 2 N–H and O–H groups in total. The first-order valence-electron chi connectivity index (χ1n) is 5.02. The van der Waals surface area contributed by atoms with Crippen LogP contribution in [0.25, 0.3) is 0 Å². The van der Waals surface area contributed by atoms with Crippen molar-refractivity contribution in [1.82, 2.24) is 10.1 Å². The van der Waals surface area contributed by atoms with Crippen LogP contribution in [-0.2, 0) is 0 Å². The van der Waals surface area contributed by atoms with Gasteiger partial charge < -0.3 is 15.5 Å². The zero-order chi connectivity index (χ0) is 12.7. The minimum absolute atomic E-state index is 0.0617. The van der Waals surface area contributed by atoms with Gasteiger partial charge >= 0.3 is 5.82 Å². The van der Waals surface area contributed by atoms with Gasteiger partial charge in [-0.15, -0.1) is 0 Å². The maximum Gasteiger partial charge on any atom is 0.316 e. The minimum atomic E-state index is -0.838. The number of anilines is 1. The van der Waals surface area contributed by atoms with Gasteiger partial charge in [-0.2, -0.15) is 0 Å². The fourth-order valence-electron chi connectivity index (χ4n) is 1.95. The molecule has 2 aromatic rings.